The summed E-state index contributed by atoms with van der Waals surface area (Å²) in [7, 11) is 0. The number of rotatable bonds is 10. The average molecular weight is 327 g/mol. The monoisotopic (exact) mass is 326 g/mol. The molecular formula is C18H31ClN2O. The molecule has 0 atom stereocenters. The van der Waals surface area contributed by atoms with E-state index in [2.05, 4.69) is 17.6 Å². The van der Waals surface area contributed by atoms with E-state index in [4.69, 9.17) is 0 Å². The van der Waals surface area contributed by atoms with E-state index in [1.54, 1.807) is 0 Å². The first-order chi connectivity index (χ1) is 10.1. The van der Waals surface area contributed by atoms with E-state index in [-0.39, 0.29) is 18.3 Å². The van der Waals surface area contributed by atoms with Crippen LogP contribution in [0.3, 0.4) is 0 Å². The number of halogens is 1. The van der Waals surface area contributed by atoms with Crippen molar-refractivity contribution in [3.8, 4) is 0 Å². The van der Waals surface area contributed by atoms with Gasteiger partial charge in [0.25, 0.3) is 0 Å². The summed E-state index contributed by atoms with van der Waals surface area (Å²) < 4.78 is 0. The van der Waals surface area contributed by atoms with E-state index >= 15 is 0 Å². The minimum Gasteiger partial charge on any atom is -0.326 e. The first kappa shape index (κ1) is 20.9. The normalized spacial score (nSPS) is 10.1. The number of unbranched alkanes of at least 4 members (excludes halogenated alkanes) is 3. The molecule has 0 radical (unpaired) electrons. The molecule has 0 saturated carbocycles. The number of hydrogen-bond donors (Lipinski definition) is 2. The zero-order valence-corrected chi connectivity index (χ0v) is 15.0. The summed E-state index contributed by atoms with van der Waals surface area (Å²) >= 11 is 0. The Morgan fingerprint density at radius 3 is 2.27 bits per heavy atom. The number of carbonyl (C=O) groups is 1. The molecule has 1 rings (SSSR count). The van der Waals surface area contributed by atoms with E-state index in [0.717, 1.165) is 49.2 Å². The molecule has 0 aromatic heterocycles. The van der Waals surface area contributed by atoms with Gasteiger partial charge in [-0.15, -0.1) is 12.4 Å². The molecule has 4 heteroatoms. The Hall–Kier alpha value is -1.06. The molecule has 126 valence electrons. The van der Waals surface area contributed by atoms with Crippen molar-refractivity contribution in [3.63, 3.8) is 0 Å². The number of amides is 1. The standard InChI is InChI=1S/C18H30N2O.ClH/c1-4-5-13-19-14-8-6-7-12-17(21)20-18-15(2)10-9-11-16(18)3;/h9-11,19H,4-8,12-14H2,1-3H3,(H,20,21);1H. The molecule has 1 aromatic carbocycles. The topological polar surface area (TPSA) is 41.1 Å². The van der Waals surface area contributed by atoms with Crippen molar-refractivity contribution < 1.29 is 4.79 Å². The molecule has 1 aromatic rings. The van der Waals surface area contributed by atoms with Gasteiger partial charge < -0.3 is 10.6 Å². The largest absolute Gasteiger partial charge is 0.326 e. The maximum absolute atomic E-state index is 12.0. The fraction of sp³-hybridized carbons (Fsp3) is 0.611. The van der Waals surface area contributed by atoms with Crippen molar-refractivity contribution >= 4 is 24.0 Å². The molecular weight excluding hydrogens is 296 g/mol. The third kappa shape index (κ3) is 8.40. The lowest BCUT2D eigenvalue weighted by Crippen LogP contribution is -2.17. The Balaban J connectivity index is 0.00000441. The maximum Gasteiger partial charge on any atom is 0.224 e. The van der Waals surface area contributed by atoms with Gasteiger partial charge in [-0.25, -0.2) is 0 Å². The van der Waals surface area contributed by atoms with Crippen molar-refractivity contribution in [1.82, 2.24) is 5.32 Å². The summed E-state index contributed by atoms with van der Waals surface area (Å²) in [6.07, 6.45) is 6.33. The van der Waals surface area contributed by atoms with E-state index in [0.29, 0.717) is 6.42 Å². The maximum atomic E-state index is 12.0. The van der Waals surface area contributed by atoms with Gasteiger partial charge in [-0.1, -0.05) is 38.0 Å². The van der Waals surface area contributed by atoms with Crippen LogP contribution in [0.2, 0.25) is 0 Å². The van der Waals surface area contributed by atoms with E-state index < -0.39 is 0 Å². The summed E-state index contributed by atoms with van der Waals surface area (Å²) in [5, 5.41) is 6.47. The van der Waals surface area contributed by atoms with Crippen molar-refractivity contribution in [1.29, 1.82) is 0 Å². The van der Waals surface area contributed by atoms with Crippen molar-refractivity contribution in [3.05, 3.63) is 29.3 Å². The van der Waals surface area contributed by atoms with Crippen LogP contribution < -0.4 is 10.6 Å². The van der Waals surface area contributed by atoms with Gasteiger partial charge in [0, 0.05) is 12.1 Å². The van der Waals surface area contributed by atoms with Crippen LogP contribution in [-0.2, 0) is 4.79 Å². The first-order valence-electron chi connectivity index (χ1n) is 8.22. The fourth-order valence-corrected chi connectivity index (χ4v) is 2.35. The highest BCUT2D eigenvalue weighted by atomic mass is 35.5. The van der Waals surface area contributed by atoms with Gasteiger partial charge in [0.05, 0.1) is 0 Å². The highest BCUT2D eigenvalue weighted by Gasteiger charge is 2.06. The van der Waals surface area contributed by atoms with Gasteiger partial charge in [0.15, 0.2) is 0 Å². The SMILES string of the molecule is CCCCNCCCCCC(=O)Nc1c(C)cccc1C.Cl. The second-order valence-corrected chi connectivity index (χ2v) is 5.73. The van der Waals surface area contributed by atoms with Crippen LogP contribution in [0, 0.1) is 13.8 Å². The van der Waals surface area contributed by atoms with Crippen LogP contribution in [0.25, 0.3) is 0 Å². The Morgan fingerprint density at radius 1 is 1.00 bits per heavy atom. The molecule has 2 N–H and O–H groups in total. The Kier molecular flexibility index (Phi) is 11.9. The number of para-hydroxylation sites is 1. The second-order valence-electron chi connectivity index (χ2n) is 5.73. The van der Waals surface area contributed by atoms with Crippen LogP contribution in [0.4, 0.5) is 5.69 Å². The zero-order valence-electron chi connectivity index (χ0n) is 14.2. The number of benzene rings is 1. The van der Waals surface area contributed by atoms with Gasteiger partial charge in [-0.3, -0.25) is 4.79 Å². The Bertz CT molecular complexity index is 415. The minimum atomic E-state index is 0. The van der Waals surface area contributed by atoms with E-state index in [1.165, 1.54) is 12.8 Å². The zero-order chi connectivity index (χ0) is 15.5. The summed E-state index contributed by atoms with van der Waals surface area (Å²) in [5.41, 5.74) is 3.23. The molecule has 0 aliphatic carbocycles. The van der Waals surface area contributed by atoms with Crippen LogP contribution in [0.15, 0.2) is 18.2 Å². The molecule has 22 heavy (non-hydrogen) atoms. The molecule has 1 amide bonds. The molecule has 0 unspecified atom stereocenters. The van der Waals surface area contributed by atoms with Crippen LogP contribution >= 0.6 is 12.4 Å². The second kappa shape index (κ2) is 12.5. The smallest absolute Gasteiger partial charge is 0.224 e. The van der Waals surface area contributed by atoms with E-state index in [1.807, 2.05) is 32.0 Å². The van der Waals surface area contributed by atoms with Gasteiger partial charge in [-0.2, -0.15) is 0 Å². The van der Waals surface area contributed by atoms with E-state index in [9.17, 15) is 4.79 Å². The number of hydrogen-bond acceptors (Lipinski definition) is 2. The summed E-state index contributed by atoms with van der Waals surface area (Å²) in [6, 6.07) is 6.08. The average Bonchev–Trinajstić information content (AvgIpc) is 2.46. The van der Waals surface area contributed by atoms with Gasteiger partial charge in [0.2, 0.25) is 5.91 Å². The molecule has 0 aliphatic rings. The highest BCUT2D eigenvalue weighted by molar-refractivity contribution is 5.92. The predicted molar refractivity (Wildman–Crippen MR) is 98.0 cm³/mol. The minimum absolute atomic E-state index is 0. The van der Waals surface area contributed by atoms with Gasteiger partial charge in [-0.05, 0) is 57.3 Å². The molecule has 0 heterocycles. The molecule has 0 saturated heterocycles. The Labute approximate surface area is 141 Å². The quantitative estimate of drug-likeness (QED) is 0.616. The Morgan fingerprint density at radius 2 is 1.64 bits per heavy atom. The van der Waals surface area contributed by atoms with Crippen LogP contribution in [-0.4, -0.2) is 19.0 Å². The van der Waals surface area contributed by atoms with Crippen molar-refractivity contribution in [2.24, 2.45) is 0 Å². The number of anilines is 1. The van der Waals surface area contributed by atoms with Crippen LogP contribution in [0.5, 0.6) is 0 Å². The number of aryl methyl sites for hydroxylation is 2. The number of carbonyl (C=O) groups excluding carboxylic acids is 1. The lowest BCUT2D eigenvalue weighted by atomic mass is 10.1. The fourth-order valence-electron chi connectivity index (χ4n) is 2.35. The third-order valence-corrected chi connectivity index (χ3v) is 3.71. The molecule has 0 bridgehead atoms. The lowest BCUT2D eigenvalue weighted by Gasteiger charge is -2.11. The molecule has 0 spiro atoms. The van der Waals surface area contributed by atoms with Gasteiger partial charge in [0.1, 0.15) is 0 Å². The highest BCUT2D eigenvalue weighted by Crippen LogP contribution is 2.19. The van der Waals surface area contributed by atoms with Crippen LogP contribution in [0.1, 0.15) is 56.6 Å². The molecule has 0 aliphatic heterocycles. The lowest BCUT2D eigenvalue weighted by molar-refractivity contribution is -0.116. The summed E-state index contributed by atoms with van der Waals surface area (Å²) in [6.45, 7) is 8.45. The predicted octanol–water partition coefficient (Wildman–Crippen LogP) is 4.61. The van der Waals surface area contributed by atoms with Gasteiger partial charge >= 0.3 is 0 Å². The number of nitrogens with one attached hydrogen (secondary N) is 2. The van der Waals surface area contributed by atoms with Crippen molar-refractivity contribution in [2.45, 2.75) is 59.3 Å². The summed E-state index contributed by atoms with van der Waals surface area (Å²) in [5.74, 6) is 0.131. The third-order valence-electron chi connectivity index (χ3n) is 3.71. The van der Waals surface area contributed by atoms with Crippen molar-refractivity contribution in [2.75, 3.05) is 18.4 Å². The molecule has 0 fully saturated rings. The first-order valence-corrected chi connectivity index (χ1v) is 8.22. The summed E-state index contributed by atoms with van der Waals surface area (Å²) in [4.78, 5) is 12.0. The molecule has 3 nitrogen and oxygen atoms in total.